The summed E-state index contributed by atoms with van der Waals surface area (Å²) in [5.74, 6) is 5.22. The zero-order valence-corrected chi connectivity index (χ0v) is 12.3. The molecule has 0 spiro atoms. The lowest BCUT2D eigenvalue weighted by atomic mass is 10.0. The minimum atomic E-state index is -0.417. The van der Waals surface area contributed by atoms with Crippen LogP contribution in [0.4, 0.5) is 4.39 Å². The van der Waals surface area contributed by atoms with Gasteiger partial charge in [-0.25, -0.2) is 4.39 Å². The molecule has 0 bridgehead atoms. The highest BCUT2D eigenvalue weighted by Gasteiger charge is 2.18. The number of aromatic nitrogens is 2. The van der Waals surface area contributed by atoms with Crippen molar-refractivity contribution in [2.75, 3.05) is 0 Å². The molecule has 1 aromatic heterocycles. The molecule has 0 aliphatic heterocycles. The van der Waals surface area contributed by atoms with E-state index in [1.54, 1.807) is 16.8 Å². The van der Waals surface area contributed by atoms with Crippen LogP contribution >= 0.6 is 11.6 Å². The van der Waals surface area contributed by atoms with E-state index in [1.807, 2.05) is 20.0 Å². The topological polar surface area (TPSA) is 55.9 Å². The third-order valence-electron chi connectivity index (χ3n) is 3.34. The Hall–Kier alpha value is -1.43. The van der Waals surface area contributed by atoms with Crippen LogP contribution in [0, 0.1) is 5.82 Å². The smallest absolute Gasteiger partial charge is 0.142 e. The second-order valence-electron chi connectivity index (χ2n) is 4.67. The fourth-order valence-corrected chi connectivity index (χ4v) is 2.42. The first kappa shape index (κ1) is 15.0. The van der Waals surface area contributed by atoms with Gasteiger partial charge in [-0.15, -0.1) is 0 Å². The Morgan fingerprint density at radius 1 is 1.50 bits per heavy atom. The zero-order valence-electron chi connectivity index (χ0n) is 11.5. The van der Waals surface area contributed by atoms with Crippen molar-refractivity contribution in [3.8, 4) is 0 Å². The minimum Gasteiger partial charge on any atom is -0.271 e. The number of nitrogens with zero attached hydrogens (tertiary/aromatic N) is 2. The van der Waals surface area contributed by atoms with Gasteiger partial charge in [-0.3, -0.25) is 16.0 Å². The Balaban J connectivity index is 2.28. The second-order valence-corrected chi connectivity index (χ2v) is 5.05. The predicted molar refractivity (Wildman–Crippen MR) is 77.8 cm³/mol. The summed E-state index contributed by atoms with van der Waals surface area (Å²) >= 11 is 5.99. The molecule has 6 heteroatoms. The van der Waals surface area contributed by atoms with E-state index in [1.165, 1.54) is 6.07 Å². The highest BCUT2D eigenvalue weighted by molar-refractivity contribution is 6.31. The molecule has 0 saturated carbocycles. The highest BCUT2D eigenvalue weighted by atomic mass is 35.5. The minimum absolute atomic E-state index is 0.144. The van der Waals surface area contributed by atoms with Gasteiger partial charge < -0.3 is 0 Å². The lowest BCUT2D eigenvalue weighted by Gasteiger charge is -2.17. The number of hydrazine groups is 1. The van der Waals surface area contributed by atoms with Crippen LogP contribution in [0.1, 0.15) is 29.9 Å². The van der Waals surface area contributed by atoms with Crippen molar-refractivity contribution in [2.24, 2.45) is 12.9 Å². The Labute approximate surface area is 122 Å². The van der Waals surface area contributed by atoms with Crippen LogP contribution in [0.3, 0.4) is 0 Å². The third kappa shape index (κ3) is 3.00. The van der Waals surface area contributed by atoms with E-state index in [-0.39, 0.29) is 11.1 Å². The van der Waals surface area contributed by atoms with Gasteiger partial charge in [0.05, 0.1) is 22.5 Å². The number of benzene rings is 1. The first-order valence-corrected chi connectivity index (χ1v) is 6.86. The van der Waals surface area contributed by atoms with E-state index in [9.17, 15) is 4.39 Å². The summed E-state index contributed by atoms with van der Waals surface area (Å²) in [7, 11) is 1.87. The summed E-state index contributed by atoms with van der Waals surface area (Å²) in [6.45, 7) is 2.04. The van der Waals surface area contributed by atoms with Gasteiger partial charge in [0.15, 0.2) is 0 Å². The van der Waals surface area contributed by atoms with Gasteiger partial charge in [-0.05, 0) is 30.5 Å². The number of hydrogen-bond acceptors (Lipinski definition) is 3. The molecule has 1 unspecified atom stereocenters. The maximum absolute atomic E-state index is 13.5. The lowest BCUT2D eigenvalue weighted by molar-refractivity contribution is 0.506. The van der Waals surface area contributed by atoms with Crippen LogP contribution in [0.5, 0.6) is 0 Å². The molecule has 108 valence electrons. The van der Waals surface area contributed by atoms with Crippen LogP contribution in [-0.4, -0.2) is 9.78 Å². The molecule has 0 aliphatic carbocycles. The van der Waals surface area contributed by atoms with E-state index < -0.39 is 5.82 Å². The summed E-state index contributed by atoms with van der Waals surface area (Å²) < 4.78 is 15.3. The lowest BCUT2D eigenvalue weighted by Crippen LogP contribution is -2.31. The maximum Gasteiger partial charge on any atom is 0.142 e. The Morgan fingerprint density at radius 3 is 2.85 bits per heavy atom. The molecule has 4 nitrogen and oxygen atoms in total. The van der Waals surface area contributed by atoms with Gasteiger partial charge in [-0.2, -0.15) is 5.10 Å². The van der Waals surface area contributed by atoms with Gasteiger partial charge in [0, 0.05) is 7.05 Å². The number of nitrogens with one attached hydrogen (secondary N) is 1. The highest BCUT2D eigenvalue weighted by Crippen LogP contribution is 2.25. The maximum atomic E-state index is 13.5. The molecule has 2 rings (SSSR count). The molecular weight excluding hydrogens is 279 g/mol. The van der Waals surface area contributed by atoms with Crippen molar-refractivity contribution in [1.82, 2.24) is 15.2 Å². The van der Waals surface area contributed by atoms with Crippen LogP contribution in [0.2, 0.25) is 5.02 Å². The van der Waals surface area contributed by atoms with Crippen molar-refractivity contribution in [2.45, 2.75) is 25.8 Å². The molecule has 2 aromatic rings. The molecule has 20 heavy (non-hydrogen) atoms. The molecule has 1 heterocycles. The Morgan fingerprint density at radius 2 is 2.25 bits per heavy atom. The van der Waals surface area contributed by atoms with E-state index in [2.05, 4.69) is 10.5 Å². The first-order valence-electron chi connectivity index (χ1n) is 6.48. The molecule has 3 N–H and O–H groups in total. The number of aryl methyl sites for hydroxylation is 2. The molecular formula is C14H18ClFN4. The summed E-state index contributed by atoms with van der Waals surface area (Å²) in [6, 6.07) is 6.61. The van der Waals surface area contributed by atoms with Crippen molar-refractivity contribution in [3.05, 3.63) is 52.1 Å². The van der Waals surface area contributed by atoms with E-state index in [4.69, 9.17) is 17.4 Å². The summed E-state index contributed by atoms with van der Waals surface area (Å²) in [5, 5.41) is 4.54. The quantitative estimate of drug-likeness (QED) is 0.658. The van der Waals surface area contributed by atoms with E-state index in [0.717, 1.165) is 17.8 Å². The van der Waals surface area contributed by atoms with Crippen LogP contribution in [0.25, 0.3) is 0 Å². The van der Waals surface area contributed by atoms with Gasteiger partial charge in [0.1, 0.15) is 5.82 Å². The van der Waals surface area contributed by atoms with Gasteiger partial charge in [0.2, 0.25) is 0 Å². The normalized spacial score (nSPS) is 12.7. The van der Waals surface area contributed by atoms with E-state index in [0.29, 0.717) is 12.0 Å². The average Bonchev–Trinajstić information content (AvgIpc) is 2.82. The van der Waals surface area contributed by atoms with Crippen LogP contribution < -0.4 is 11.3 Å². The van der Waals surface area contributed by atoms with Crippen LogP contribution in [-0.2, 0) is 19.9 Å². The standard InChI is InChI=1S/C14H18ClFN4/c1-3-10-8-13(20(2)19-10)12(18-17)7-9-5-4-6-11(16)14(9)15/h4-6,8,12,18H,3,7,17H2,1-2H3. The molecule has 0 radical (unpaired) electrons. The van der Waals surface area contributed by atoms with Gasteiger partial charge in [0.25, 0.3) is 0 Å². The first-order chi connectivity index (χ1) is 9.56. The number of rotatable bonds is 5. The number of nitrogens with two attached hydrogens (primary N) is 1. The van der Waals surface area contributed by atoms with Gasteiger partial charge >= 0.3 is 0 Å². The summed E-state index contributed by atoms with van der Waals surface area (Å²) in [6.07, 6.45) is 1.35. The molecule has 0 saturated heterocycles. The number of hydrogen-bond donors (Lipinski definition) is 2. The monoisotopic (exact) mass is 296 g/mol. The van der Waals surface area contributed by atoms with Gasteiger partial charge in [-0.1, -0.05) is 30.7 Å². The predicted octanol–water partition coefficient (Wildman–Crippen LogP) is 2.52. The van der Waals surface area contributed by atoms with Crippen molar-refractivity contribution < 1.29 is 4.39 Å². The Bertz CT molecular complexity index is 597. The van der Waals surface area contributed by atoms with Crippen molar-refractivity contribution in [1.29, 1.82) is 0 Å². The Kier molecular flexibility index (Phi) is 4.75. The SMILES string of the molecule is CCc1cc(C(Cc2cccc(F)c2Cl)NN)n(C)n1. The zero-order chi connectivity index (χ0) is 14.7. The average molecular weight is 297 g/mol. The van der Waals surface area contributed by atoms with Crippen molar-refractivity contribution >= 4 is 11.6 Å². The summed E-state index contributed by atoms with van der Waals surface area (Å²) in [5.41, 5.74) is 5.41. The second kappa shape index (κ2) is 6.35. The third-order valence-corrected chi connectivity index (χ3v) is 3.77. The molecule has 1 atom stereocenters. The fraction of sp³-hybridized carbons (Fsp3) is 0.357. The largest absolute Gasteiger partial charge is 0.271 e. The number of halogens is 2. The molecule has 0 aliphatic rings. The fourth-order valence-electron chi connectivity index (χ4n) is 2.22. The molecule has 1 aromatic carbocycles. The summed E-state index contributed by atoms with van der Waals surface area (Å²) in [4.78, 5) is 0. The van der Waals surface area contributed by atoms with E-state index >= 15 is 0 Å². The molecule has 0 fully saturated rings. The molecule has 0 amide bonds. The van der Waals surface area contributed by atoms with Crippen molar-refractivity contribution in [3.63, 3.8) is 0 Å². The van der Waals surface area contributed by atoms with Crippen LogP contribution in [0.15, 0.2) is 24.3 Å².